The predicted octanol–water partition coefficient (Wildman–Crippen LogP) is 1.57. The van der Waals surface area contributed by atoms with Crippen LogP contribution in [0, 0.1) is 5.92 Å². The van der Waals surface area contributed by atoms with Crippen molar-refractivity contribution in [1.82, 2.24) is 0 Å². The highest BCUT2D eigenvalue weighted by atomic mass is 32.2. The van der Waals surface area contributed by atoms with Crippen LogP contribution < -0.4 is 5.73 Å². The summed E-state index contributed by atoms with van der Waals surface area (Å²) in [4.78, 5) is 0. The molecule has 0 aromatic rings. The van der Waals surface area contributed by atoms with Gasteiger partial charge in [-0.2, -0.15) is 0 Å². The Bertz CT molecular complexity index is 363. The molecule has 1 fully saturated rings. The summed E-state index contributed by atoms with van der Waals surface area (Å²) in [7, 11) is -3.17. The zero-order valence-electron chi connectivity index (χ0n) is 9.83. The summed E-state index contributed by atoms with van der Waals surface area (Å²) < 4.78 is 47.8. The molecule has 1 heterocycles. The highest BCUT2D eigenvalue weighted by Gasteiger charge is 2.50. The first-order chi connectivity index (χ1) is 7.01. The van der Waals surface area contributed by atoms with Crippen molar-refractivity contribution in [1.29, 1.82) is 0 Å². The molecule has 0 saturated carbocycles. The quantitative estimate of drug-likeness (QED) is 0.832. The number of hydrogen-bond acceptors (Lipinski definition) is 3. The second-order valence-corrected chi connectivity index (χ2v) is 8.11. The fourth-order valence-electron chi connectivity index (χ4n) is 2.13. The Balaban J connectivity index is 2.87. The van der Waals surface area contributed by atoms with Crippen molar-refractivity contribution in [2.45, 2.75) is 50.3 Å². The molecule has 0 spiro atoms. The van der Waals surface area contributed by atoms with E-state index in [-0.39, 0.29) is 18.1 Å². The molecular formula is C10H19F2NO2S. The maximum Gasteiger partial charge on any atom is 0.256 e. The van der Waals surface area contributed by atoms with Gasteiger partial charge in [-0.25, -0.2) is 17.2 Å². The summed E-state index contributed by atoms with van der Waals surface area (Å²) in [5.41, 5.74) is 3.89. The van der Waals surface area contributed by atoms with Crippen molar-refractivity contribution in [3.8, 4) is 0 Å². The summed E-state index contributed by atoms with van der Waals surface area (Å²) in [6.45, 7) is 4.47. The molecule has 2 atom stereocenters. The van der Waals surface area contributed by atoms with Crippen molar-refractivity contribution >= 4 is 9.84 Å². The molecule has 1 aliphatic rings. The Hall–Kier alpha value is -0.230. The van der Waals surface area contributed by atoms with E-state index in [4.69, 9.17) is 5.73 Å². The van der Waals surface area contributed by atoms with Crippen LogP contribution in [0.15, 0.2) is 0 Å². The average Bonchev–Trinajstić information content (AvgIpc) is 2.27. The average molecular weight is 255 g/mol. The zero-order valence-corrected chi connectivity index (χ0v) is 10.7. The largest absolute Gasteiger partial charge is 0.321 e. The second kappa shape index (κ2) is 3.91. The van der Waals surface area contributed by atoms with Gasteiger partial charge in [-0.05, 0) is 39.5 Å². The number of nitrogens with two attached hydrogens (primary N) is 1. The SMILES string of the molecule is CC(N)(CC1CCS(=O)(=O)C1(C)C)C(F)F. The van der Waals surface area contributed by atoms with Crippen LogP contribution in [0.4, 0.5) is 8.78 Å². The van der Waals surface area contributed by atoms with Crippen LogP contribution in [0.1, 0.15) is 33.6 Å². The summed E-state index contributed by atoms with van der Waals surface area (Å²) in [6, 6.07) is 0. The lowest BCUT2D eigenvalue weighted by Crippen LogP contribution is -2.48. The summed E-state index contributed by atoms with van der Waals surface area (Å²) >= 11 is 0. The van der Waals surface area contributed by atoms with Gasteiger partial charge in [0.05, 0.1) is 16.0 Å². The molecule has 2 unspecified atom stereocenters. The van der Waals surface area contributed by atoms with Gasteiger partial charge in [0.25, 0.3) is 6.43 Å². The monoisotopic (exact) mass is 255 g/mol. The Labute approximate surface area is 95.3 Å². The van der Waals surface area contributed by atoms with Crippen LogP contribution >= 0.6 is 0 Å². The molecule has 0 radical (unpaired) electrons. The molecule has 1 aliphatic heterocycles. The molecule has 2 N–H and O–H groups in total. The Morgan fingerprint density at radius 3 is 2.31 bits per heavy atom. The number of hydrogen-bond donors (Lipinski definition) is 1. The zero-order chi connectivity index (χ0) is 12.8. The van der Waals surface area contributed by atoms with Crippen LogP contribution in [0.2, 0.25) is 0 Å². The van der Waals surface area contributed by atoms with Crippen LogP contribution in [0.3, 0.4) is 0 Å². The topological polar surface area (TPSA) is 60.2 Å². The smallest absolute Gasteiger partial charge is 0.256 e. The predicted molar refractivity (Wildman–Crippen MR) is 59.2 cm³/mol. The third-order valence-corrected chi connectivity index (χ3v) is 6.41. The van der Waals surface area contributed by atoms with Crippen LogP contribution in [0.25, 0.3) is 0 Å². The van der Waals surface area contributed by atoms with Gasteiger partial charge in [-0.3, -0.25) is 0 Å². The van der Waals surface area contributed by atoms with E-state index in [1.54, 1.807) is 13.8 Å². The molecule has 1 rings (SSSR count). The minimum absolute atomic E-state index is 0.0386. The van der Waals surface area contributed by atoms with Crippen molar-refractivity contribution in [3.63, 3.8) is 0 Å². The van der Waals surface area contributed by atoms with E-state index in [0.29, 0.717) is 6.42 Å². The first kappa shape index (κ1) is 13.8. The van der Waals surface area contributed by atoms with E-state index in [2.05, 4.69) is 0 Å². The summed E-state index contributed by atoms with van der Waals surface area (Å²) in [5.74, 6) is -0.217. The van der Waals surface area contributed by atoms with E-state index < -0.39 is 26.5 Å². The molecule has 16 heavy (non-hydrogen) atoms. The molecule has 0 aromatic heterocycles. The first-order valence-corrected chi connectivity index (χ1v) is 6.95. The van der Waals surface area contributed by atoms with Crippen LogP contribution in [-0.4, -0.2) is 30.9 Å². The van der Waals surface area contributed by atoms with Gasteiger partial charge in [0.1, 0.15) is 0 Å². The Kier molecular flexibility index (Phi) is 3.38. The third-order valence-electron chi connectivity index (χ3n) is 3.70. The van der Waals surface area contributed by atoms with Crippen molar-refractivity contribution in [2.75, 3.05) is 5.75 Å². The van der Waals surface area contributed by atoms with Crippen LogP contribution in [-0.2, 0) is 9.84 Å². The third kappa shape index (κ3) is 2.22. The van der Waals surface area contributed by atoms with E-state index in [1.807, 2.05) is 0 Å². The van der Waals surface area contributed by atoms with Gasteiger partial charge >= 0.3 is 0 Å². The van der Waals surface area contributed by atoms with Gasteiger partial charge in [-0.15, -0.1) is 0 Å². The highest BCUT2D eigenvalue weighted by Crippen LogP contribution is 2.41. The lowest BCUT2D eigenvalue weighted by atomic mass is 9.81. The molecule has 3 nitrogen and oxygen atoms in total. The van der Waals surface area contributed by atoms with E-state index in [0.717, 1.165) is 0 Å². The number of alkyl halides is 2. The molecule has 6 heteroatoms. The fraction of sp³-hybridized carbons (Fsp3) is 1.00. The lowest BCUT2D eigenvalue weighted by molar-refractivity contribution is 0.0465. The Morgan fingerprint density at radius 2 is 2.00 bits per heavy atom. The number of halogens is 2. The second-order valence-electron chi connectivity index (χ2n) is 5.42. The normalized spacial score (nSPS) is 31.6. The molecule has 0 aliphatic carbocycles. The van der Waals surface area contributed by atoms with Gasteiger partial charge < -0.3 is 5.73 Å². The lowest BCUT2D eigenvalue weighted by Gasteiger charge is -2.32. The van der Waals surface area contributed by atoms with Crippen LogP contribution in [0.5, 0.6) is 0 Å². The molecule has 0 amide bonds. The first-order valence-electron chi connectivity index (χ1n) is 5.30. The van der Waals surface area contributed by atoms with Gasteiger partial charge in [0.2, 0.25) is 0 Å². The maximum atomic E-state index is 12.6. The number of rotatable bonds is 3. The summed E-state index contributed by atoms with van der Waals surface area (Å²) in [6.07, 6.45) is -2.17. The fourth-order valence-corrected chi connectivity index (χ4v) is 3.96. The van der Waals surface area contributed by atoms with E-state index >= 15 is 0 Å². The number of sulfone groups is 1. The van der Waals surface area contributed by atoms with Gasteiger partial charge in [0.15, 0.2) is 9.84 Å². The molecule has 96 valence electrons. The van der Waals surface area contributed by atoms with E-state index in [9.17, 15) is 17.2 Å². The van der Waals surface area contributed by atoms with Crippen molar-refractivity contribution in [2.24, 2.45) is 11.7 Å². The highest BCUT2D eigenvalue weighted by molar-refractivity contribution is 7.93. The van der Waals surface area contributed by atoms with Gasteiger partial charge in [0, 0.05) is 0 Å². The Morgan fingerprint density at radius 1 is 1.50 bits per heavy atom. The molecular weight excluding hydrogens is 236 g/mol. The maximum absolute atomic E-state index is 12.6. The molecule has 0 bridgehead atoms. The van der Waals surface area contributed by atoms with Crippen molar-refractivity contribution in [3.05, 3.63) is 0 Å². The minimum Gasteiger partial charge on any atom is -0.321 e. The van der Waals surface area contributed by atoms with Crippen molar-refractivity contribution < 1.29 is 17.2 Å². The molecule has 1 saturated heterocycles. The standard InChI is InChI=1S/C10H19F2NO2S/c1-9(2)7(4-5-16(9,14)15)6-10(3,13)8(11)12/h7-8H,4-6,13H2,1-3H3. The molecule has 0 aromatic carbocycles. The minimum atomic E-state index is -3.17. The van der Waals surface area contributed by atoms with Gasteiger partial charge in [-0.1, -0.05) is 0 Å². The van der Waals surface area contributed by atoms with E-state index in [1.165, 1.54) is 6.92 Å². The summed E-state index contributed by atoms with van der Waals surface area (Å²) in [5, 5.41) is 0.